The van der Waals surface area contributed by atoms with Gasteiger partial charge in [0, 0.05) is 7.11 Å². The Morgan fingerprint density at radius 2 is 1.73 bits per heavy atom. The van der Waals surface area contributed by atoms with E-state index < -0.39 is 17.7 Å². The van der Waals surface area contributed by atoms with Crippen molar-refractivity contribution in [3.8, 4) is 0 Å². The van der Waals surface area contributed by atoms with Gasteiger partial charge in [0.15, 0.2) is 0 Å². The summed E-state index contributed by atoms with van der Waals surface area (Å²) >= 11 is 0. The van der Waals surface area contributed by atoms with Crippen LogP contribution in [0.1, 0.15) is 32.8 Å². The van der Waals surface area contributed by atoms with Crippen molar-refractivity contribution in [3.05, 3.63) is 35.9 Å². The molecule has 0 atom stereocenters. The molecule has 0 bridgehead atoms. The molecule has 7 nitrogen and oxygen atoms in total. The minimum absolute atomic E-state index is 0.0791. The molecule has 0 saturated heterocycles. The Balaban J connectivity index is 2.53. The number of hydrogen-bond donors (Lipinski definition) is 0. The van der Waals surface area contributed by atoms with E-state index >= 15 is 0 Å². The monoisotopic (exact) mass is 367 g/mol. The van der Waals surface area contributed by atoms with Crippen molar-refractivity contribution in [2.75, 3.05) is 33.5 Å². The average molecular weight is 367 g/mol. The molecule has 0 saturated carbocycles. The molecular weight excluding hydrogens is 338 g/mol. The zero-order chi connectivity index (χ0) is 19.4. The molecule has 0 aliphatic heterocycles. The number of aryl methyl sites for hydroxylation is 1. The summed E-state index contributed by atoms with van der Waals surface area (Å²) in [5.41, 5.74) is 0.332. The summed E-state index contributed by atoms with van der Waals surface area (Å²) in [7, 11) is 1.57. The van der Waals surface area contributed by atoms with Crippen molar-refractivity contribution in [3.63, 3.8) is 0 Å². The fourth-order valence-corrected chi connectivity index (χ4v) is 1.94. The van der Waals surface area contributed by atoms with Gasteiger partial charge in [0.1, 0.15) is 5.60 Å². The van der Waals surface area contributed by atoms with E-state index in [1.54, 1.807) is 27.9 Å². The number of carbonyl (C=O) groups is 2. The zero-order valence-corrected chi connectivity index (χ0v) is 16.0. The van der Waals surface area contributed by atoms with Crippen LogP contribution in [0.5, 0.6) is 0 Å². The van der Waals surface area contributed by atoms with Crippen molar-refractivity contribution in [2.45, 2.75) is 39.2 Å². The maximum atomic E-state index is 12.2. The Bertz CT molecular complexity index is 541. The Labute approximate surface area is 155 Å². The lowest BCUT2D eigenvalue weighted by Gasteiger charge is -2.26. The zero-order valence-electron chi connectivity index (χ0n) is 16.0. The van der Waals surface area contributed by atoms with Crippen LogP contribution in [0.15, 0.2) is 30.3 Å². The van der Waals surface area contributed by atoms with Gasteiger partial charge < -0.3 is 19.0 Å². The predicted octanol–water partition coefficient (Wildman–Crippen LogP) is 2.98. The number of hydrogen-bond acceptors (Lipinski definition) is 6. The lowest BCUT2D eigenvalue weighted by Crippen LogP contribution is -2.40. The van der Waals surface area contributed by atoms with E-state index in [9.17, 15) is 9.59 Å². The second kappa shape index (κ2) is 11.5. The minimum atomic E-state index is -0.721. The van der Waals surface area contributed by atoms with E-state index in [2.05, 4.69) is 0 Å². The Kier molecular flexibility index (Phi) is 9.69. The van der Waals surface area contributed by atoms with Crippen molar-refractivity contribution in [1.82, 2.24) is 5.06 Å². The second-order valence-corrected chi connectivity index (χ2v) is 6.64. The molecule has 0 unspecified atom stereocenters. The van der Waals surface area contributed by atoms with E-state index in [0.717, 1.165) is 10.6 Å². The number of hydroxylamine groups is 2. The fourth-order valence-electron chi connectivity index (χ4n) is 1.94. The summed E-state index contributed by atoms with van der Waals surface area (Å²) in [4.78, 5) is 29.5. The lowest BCUT2D eigenvalue weighted by atomic mass is 10.1. The normalized spacial score (nSPS) is 11.1. The van der Waals surface area contributed by atoms with Crippen LogP contribution in [0.4, 0.5) is 4.79 Å². The molecule has 0 fully saturated rings. The third kappa shape index (κ3) is 10.0. The number of ether oxygens (including phenoxy) is 3. The molecule has 0 spiro atoms. The van der Waals surface area contributed by atoms with Crippen molar-refractivity contribution >= 4 is 12.1 Å². The molecule has 0 radical (unpaired) electrons. The molecule has 0 aliphatic rings. The first-order valence-electron chi connectivity index (χ1n) is 8.64. The number of benzene rings is 1. The molecule has 26 heavy (non-hydrogen) atoms. The van der Waals surface area contributed by atoms with Gasteiger partial charge in [-0.2, -0.15) is 0 Å². The maximum Gasteiger partial charge on any atom is 0.443 e. The summed E-state index contributed by atoms with van der Waals surface area (Å²) < 4.78 is 15.5. The highest BCUT2D eigenvalue weighted by Crippen LogP contribution is 2.11. The van der Waals surface area contributed by atoms with Gasteiger partial charge in [-0.15, -0.1) is 5.06 Å². The van der Waals surface area contributed by atoms with Gasteiger partial charge in [-0.3, -0.25) is 0 Å². The van der Waals surface area contributed by atoms with E-state index in [4.69, 9.17) is 19.0 Å². The van der Waals surface area contributed by atoms with Gasteiger partial charge in [0.05, 0.1) is 32.8 Å². The summed E-state index contributed by atoms with van der Waals surface area (Å²) in [6.45, 7) is 6.36. The highest BCUT2D eigenvalue weighted by molar-refractivity contribution is 5.73. The van der Waals surface area contributed by atoms with E-state index in [1.807, 2.05) is 30.3 Å². The molecule has 1 amide bonds. The standard InChI is InChI=1S/C19H29NO6/c1-19(2,3)25-18(22)20(12-13-24-15-14-23-4)26-17(21)11-10-16-8-6-5-7-9-16/h5-9H,10-15H2,1-4H3. The molecule has 0 aromatic heterocycles. The van der Waals surface area contributed by atoms with Crippen molar-refractivity contribution in [2.24, 2.45) is 0 Å². The first-order chi connectivity index (χ1) is 12.3. The topological polar surface area (TPSA) is 74.3 Å². The third-order valence-corrected chi connectivity index (χ3v) is 3.14. The van der Waals surface area contributed by atoms with Gasteiger partial charge in [-0.25, -0.2) is 9.59 Å². The summed E-state index contributed by atoms with van der Waals surface area (Å²) in [5, 5.41) is 0.908. The molecule has 0 N–H and O–H groups in total. The number of methoxy groups -OCH3 is 1. The molecule has 7 heteroatoms. The SMILES string of the molecule is COCCOCCN(OC(=O)CCc1ccccc1)C(=O)OC(C)(C)C. The van der Waals surface area contributed by atoms with Crippen LogP contribution in [0.25, 0.3) is 0 Å². The fraction of sp³-hybridized carbons (Fsp3) is 0.579. The third-order valence-electron chi connectivity index (χ3n) is 3.14. The summed E-state index contributed by atoms with van der Waals surface area (Å²) in [5.74, 6) is -0.503. The number of rotatable bonds is 9. The van der Waals surface area contributed by atoms with Crippen LogP contribution >= 0.6 is 0 Å². The summed E-state index contributed by atoms with van der Waals surface area (Å²) in [6, 6.07) is 9.59. The van der Waals surface area contributed by atoms with Gasteiger partial charge >= 0.3 is 12.1 Å². The first kappa shape index (κ1) is 21.9. The van der Waals surface area contributed by atoms with Crippen LogP contribution in [0, 0.1) is 0 Å². The Hall–Kier alpha value is -2.12. The smallest absolute Gasteiger partial charge is 0.442 e. The maximum absolute atomic E-state index is 12.2. The van der Waals surface area contributed by atoms with Crippen LogP contribution < -0.4 is 0 Å². The van der Waals surface area contributed by atoms with Gasteiger partial charge in [0.25, 0.3) is 0 Å². The minimum Gasteiger partial charge on any atom is -0.442 e. The largest absolute Gasteiger partial charge is 0.443 e. The molecule has 0 aliphatic carbocycles. The van der Waals surface area contributed by atoms with Gasteiger partial charge in [-0.05, 0) is 32.8 Å². The molecule has 146 valence electrons. The van der Waals surface area contributed by atoms with Crippen molar-refractivity contribution in [1.29, 1.82) is 0 Å². The average Bonchev–Trinajstić information content (AvgIpc) is 2.58. The quantitative estimate of drug-likeness (QED) is 0.493. The molecule has 1 rings (SSSR count). The van der Waals surface area contributed by atoms with Crippen LogP contribution in [-0.4, -0.2) is 56.2 Å². The Morgan fingerprint density at radius 1 is 1.04 bits per heavy atom. The van der Waals surface area contributed by atoms with Crippen LogP contribution in [0.2, 0.25) is 0 Å². The van der Waals surface area contributed by atoms with Gasteiger partial charge in [-0.1, -0.05) is 30.3 Å². The molecule has 0 heterocycles. The molecular formula is C19H29NO6. The number of nitrogens with zero attached hydrogens (tertiary/aromatic N) is 1. The van der Waals surface area contributed by atoms with Crippen molar-refractivity contribution < 1.29 is 28.6 Å². The van der Waals surface area contributed by atoms with Gasteiger partial charge in [0.2, 0.25) is 0 Å². The molecule has 1 aromatic rings. The number of carbonyl (C=O) groups excluding carboxylic acids is 2. The van der Waals surface area contributed by atoms with Crippen LogP contribution in [0.3, 0.4) is 0 Å². The lowest BCUT2D eigenvalue weighted by molar-refractivity contribution is -0.187. The highest BCUT2D eigenvalue weighted by Gasteiger charge is 2.25. The van der Waals surface area contributed by atoms with E-state index in [0.29, 0.717) is 19.6 Å². The summed E-state index contributed by atoms with van der Waals surface area (Å²) in [6.07, 6.45) is -0.0269. The first-order valence-corrected chi connectivity index (χ1v) is 8.64. The highest BCUT2D eigenvalue weighted by atomic mass is 16.8. The number of amides is 1. The second-order valence-electron chi connectivity index (χ2n) is 6.64. The predicted molar refractivity (Wildman–Crippen MR) is 96.5 cm³/mol. The molecule has 1 aromatic carbocycles. The van der Waals surface area contributed by atoms with E-state index in [-0.39, 0.29) is 19.6 Å². The Morgan fingerprint density at radius 3 is 2.35 bits per heavy atom. The van der Waals surface area contributed by atoms with Crippen LogP contribution in [-0.2, 0) is 30.3 Å². The van der Waals surface area contributed by atoms with E-state index in [1.165, 1.54) is 0 Å².